The van der Waals surface area contributed by atoms with Gasteiger partial charge < -0.3 is 19.9 Å². The molecule has 2 aromatic rings. The fraction of sp³-hybridized carbons (Fsp3) is 0.389. The highest BCUT2D eigenvalue weighted by Gasteiger charge is 2.36. The minimum Gasteiger partial charge on any atom is -0.395 e. The van der Waals surface area contributed by atoms with Gasteiger partial charge in [0.25, 0.3) is 5.91 Å². The van der Waals surface area contributed by atoms with Crippen molar-refractivity contribution in [2.45, 2.75) is 32.4 Å². The van der Waals surface area contributed by atoms with E-state index in [-0.39, 0.29) is 49.2 Å². The van der Waals surface area contributed by atoms with Crippen molar-refractivity contribution < 1.29 is 14.7 Å². The molecular weight excluding hydrogens is 320 g/mol. The van der Waals surface area contributed by atoms with Crippen molar-refractivity contribution in [1.82, 2.24) is 14.9 Å². The first-order valence-electron chi connectivity index (χ1n) is 8.34. The van der Waals surface area contributed by atoms with Gasteiger partial charge in [0.05, 0.1) is 12.9 Å². The van der Waals surface area contributed by atoms with E-state index in [1.165, 1.54) is 11.9 Å². The minimum atomic E-state index is -0.367. The van der Waals surface area contributed by atoms with Crippen LogP contribution < -0.4 is 10.2 Å². The number of imidazole rings is 1. The summed E-state index contributed by atoms with van der Waals surface area (Å²) in [7, 11) is 0. The molecule has 2 amide bonds. The molecular formula is C18H22N4O3. The summed E-state index contributed by atoms with van der Waals surface area (Å²) in [6, 6.07) is 8.04. The number of benzene rings is 1. The molecule has 7 nitrogen and oxygen atoms in total. The Balaban J connectivity index is 1.73. The van der Waals surface area contributed by atoms with Crippen LogP contribution >= 0.6 is 0 Å². The van der Waals surface area contributed by atoms with Gasteiger partial charge in [-0.25, -0.2) is 4.98 Å². The summed E-state index contributed by atoms with van der Waals surface area (Å²) < 4.78 is 1.61. The Labute approximate surface area is 146 Å². The molecule has 0 saturated carbocycles. The maximum absolute atomic E-state index is 12.8. The molecule has 1 aliphatic heterocycles. The number of carbonyl (C=O) groups excluding carboxylic acids is 2. The molecule has 2 N–H and O–H groups in total. The summed E-state index contributed by atoms with van der Waals surface area (Å²) in [5.74, 6) is -0.125. The quantitative estimate of drug-likeness (QED) is 0.853. The van der Waals surface area contributed by atoms with Crippen molar-refractivity contribution in [3.63, 3.8) is 0 Å². The van der Waals surface area contributed by atoms with E-state index in [4.69, 9.17) is 5.11 Å². The van der Waals surface area contributed by atoms with Crippen molar-refractivity contribution >= 4 is 17.5 Å². The lowest BCUT2D eigenvalue weighted by Gasteiger charge is -2.24. The number of hydrogen-bond donors (Lipinski definition) is 2. The first kappa shape index (κ1) is 17.2. The van der Waals surface area contributed by atoms with Crippen LogP contribution in [0.4, 0.5) is 5.69 Å². The van der Waals surface area contributed by atoms with E-state index in [0.717, 1.165) is 5.69 Å². The third-order valence-corrected chi connectivity index (χ3v) is 4.67. The van der Waals surface area contributed by atoms with Gasteiger partial charge in [-0.1, -0.05) is 25.1 Å². The third-order valence-electron chi connectivity index (χ3n) is 4.67. The Kier molecular flexibility index (Phi) is 4.85. The number of aliphatic hydroxyl groups is 1. The van der Waals surface area contributed by atoms with Crippen LogP contribution in [0, 0.1) is 0 Å². The second-order valence-electron chi connectivity index (χ2n) is 6.26. The highest BCUT2D eigenvalue weighted by atomic mass is 16.3. The second kappa shape index (κ2) is 7.06. The van der Waals surface area contributed by atoms with E-state index in [9.17, 15) is 9.59 Å². The lowest BCUT2D eigenvalue weighted by atomic mass is 9.98. The van der Waals surface area contributed by atoms with Crippen molar-refractivity contribution in [3.8, 4) is 0 Å². The summed E-state index contributed by atoms with van der Waals surface area (Å²) >= 11 is 0. The maximum Gasteiger partial charge on any atom is 0.271 e. The normalized spacial score (nSPS) is 18.9. The van der Waals surface area contributed by atoms with Gasteiger partial charge in [0, 0.05) is 30.4 Å². The molecule has 1 aliphatic rings. The summed E-state index contributed by atoms with van der Waals surface area (Å²) in [6.45, 7) is 4.33. The van der Waals surface area contributed by atoms with E-state index in [2.05, 4.69) is 23.3 Å². The topological polar surface area (TPSA) is 87.5 Å². The average molecular weight is 342 g/mol. The average Bonchev–Trinajstić information content (AvgIpc) is 3.17. The standard InChI is InChI=1S/C18H22N4O3/c1-12-13(2)22(16-6-4-3-5-14(12)16)17(24)10-21-9-15(20-11-21)18(25)19-7-8-23/h3-6,9,11-13,23H,7-8,10H2,1-2H3,(H,19,25). The Hall–Kier alpha value is -2.67. The van der Waals surface area contributed by atoms with Gasteiger partial charge in [-0.2, -0.15) is 0 Å². The van der Waals surface area contributed by atoms with Crippen LogP contribution in [-0.4, -0.2) is 45.7 Å². The van der Waals surface area contributed by atoms with Gasteiger partial charge in [-0.3, -0.25) is 9.59 Å². The van der Waals surface area contributed by atoms with E-state index < -0.39 is 0 Å². The molecule has 1 aromatic heterocycles. The Morgan fingerprint density at radius 1 is 1.28 bits per heavy atom. The predicted octanol–water partition coefficient (Wildman–Crippen LogP) is 1.14. The van der Waals surface area contributed by atoms with Gasteiger partial charge in [0.1, 0.15) is 12.2 Å². The SMILES string of the molecule is CC1c2ccccc2N(C(=O)Cn2cnc(C(=O)NCCO)c2)C1C. The van der Waals surface area contributed by atoms with Crippen LogP contribution in [0.5, 0.6) is 0 Å². The second-order valence-corrected chi connectivity index (χ2v) is 6.26. The van der Waals surface area contributed by atoms with Crippen molar-refractivity contribution in [2.75, 3.05) is 18.1 Å². The molecule has 0 bridgehead atoms. The van der Waals surface area contributed by atoms with Crippen molar-refractivity contribution in [3.05, 3.63) is 48.0 Å². The number of amides is 2. The number of fused-ring (bicyclic) bond motifs is 1. The van der Waals surface area contributed by atoms with Gasteiger partial charge in [0.2, 0.25) is 5.91 Å². The zero-order chi connectivity index (χ0) is 18.0. The molecule has 1 aromatic carbocycles. The molecule has 132 valence electrons. The fourth-order valence-corrected chi connectivity index (χ4v) is 3.21. The Morgan fingerprint density at radius 2 is 2.04 bits per heavy atom. The van der Waals surface area contributed by atoms with E-state index in [1.807, 2.05) is 30.0 Å². The lowest BCUT2D eigenvalue weighted by molar-refractivity contribution is -0.119. The molecule has 0 saturated heterocycles. The number of carbonyl (C=O) groups is 2. The van der Waals surface area contributed by atoms with Crippen LogP contribution in [0.2, 0.25) is 0 Å². The van der Waals surface area contributed by atoms with Gasteiger partial charge in [0.15, 0.2) is 0 Å². The lowest BCUT2D eigenvalue weighted by Crippen LogP contribution is -2.38. The number of para-hydroxylation sites is 1. The van der Waals surface area contributed by atoms with Crippen LogP contribution in [0.25, 0.3) is 0 Å². The highest BCUT2D eigenvalue weighted by Crippen LogP contribution is 2.40. The smallest absolute Gasteiger partial charge is 0.271 e. The third kappa shape index (κ3) is 3.28. The number of aliphatic hydroxyl groups excluding tert-OH is 1. The molecule has 0 aliphatic carbocycles. The number of rotatable bonds is 5. The number of aromatic nitrogens is 2. The predicted molar refractivity (Wildman–Crippen MR) is 93.5 cm³/mol. The van der Waals surface area contributed by atoms with Crippen LogP contribution in [0.15, 0.2) is 36.8 Å². The number of hydrogen-bond acceptors (Lipinski definition) is 4. The largest absolute Gasteiger partial charge is 0.395 e. The van der Waals surface area contributed by atoms with Gasteiger partial charge in [-0.05, 0) is 18.6 Å². The molecule has 0 fully saturated rings. The monoisotopic (exact) mass is 342 g/mol. The Bertz CT molecular complexity index is 786. The molecule has 25 heavy (non-hydrogen) atoms. The molecule has 0 radical (unpaired) electrons. The zero-order valence-corrected chi connectivity index (χ0v) is 14.3. The molecule has 2 atom stereocenters. The molecule has 2 heterocycles. The van der Waals surface area contributed by atoms with Crippen LogP contribution in [-0.2, 0) is 11.3 Å². The fourth-order valence-electron chi connectivity index (χ4n) is 3.21. The number of anilines is 1. The van der Waals surface area contributed by atoms with E-state index >= 15 is 0 Å². The molecule has 2 unspecified atom stereocenters. The summed E-state index contributed by atoms with van der Waals surface area (Å²) in [5.41, 5.74) is 2.36. The molecule has 7 heteroatoms. The van der Waals surface area contributed by atoms with Crippen molar-refractivity contribution in [2.24, 2.45) is 0 Å². The summed E-state index contributed by atoms with van der Waals surface area (Å²) in [6.07, 6.45) is 3.02. The zero-order valence-electron chi connectivity index (χ0n) is 14.3. The van der Waals surface area contributed by atoms with E-state index in [1.54, 1.807) is 10.8 Å². The van der Waals surface area contributed by atoms with Gasteiger partial charge >= 0.3 is 0 Å². The van der Waals surface area contributed by atoms with Crippen LogP contribution in [0.3, 0.4) is 0 Å². The van der Waals surface area contributed by atoms with Gasteiger partial charge in [-0.15, -0.1) is 0 Å². The number of nitrogens with zero attached hydrogens (tertiary/aromatic N) is 3. The van der Waals surface area contributed by atoms with E-state index in [0.29, 0.717) is 0 Å². The minimum absolute atomic E-state index is 0.0379. The van der Waals surface area contributed by atoms with Crippen LogP contribution in [0.1, 0.15) is 35.8 Å². The Morgan fingerprint density at radius 3 is 2.80 bits per heavy atom. The highest BCUT2D eigenvalue weighted by molar-refractivity contribution is 5.96. The summed E-state index contributed by atoms with van der Waals surface area (Å²) in [4.78, 5) is 30.5. The van der Waals surface area contributed by atoms with Crippen molar-refractivity contribution in [1.29, 1.82) is 0 Å². The first-order valence-corrected chi connectivity index (χ1v) is 8.34. The molecule has 0 spiro atoms. The maximum atomic E-state index is 12.8. The summed E-state index contributed by atoms with van der Waals surface area (Å²) in [5, 5.41) is 11.3. The molecule has 3 rings (SSSR count). The number of nitrogens with one attached hydrogen (secondary N) is 1. The first-order chi connectivity index (χ1) is 12.0.